The van der Waals surface area contributed by atoms with E-state index in [-0.39, 0.29) is 0 Å². The number of aryl methyl sites for hydroxylation is 1. The van der Waals surface area contributed by atoms with Crippen LogP contribution in [0, 0.1) is 20.8 Å². The molecule has 0 saturated heterocycles. The molecule has 102 valence electrons. The van der Waals surface area contributed by atoms with Crippen molar-refractivity contribution in [2.24, 2.45) is 5.73 Å². The van der Waals surface area contributed by atoms with Crippen molar-refractivity contribution in [1.29, 1.82) is 0 Å². The number of methoxy groups -OCH3 is 1. The van der Waals surface area contributed by atoms with E-state index in [0.29, 0.717) is 0 Å². The molecule has 0 bridgehead atoms. The van der Waals surface area contributed by atoms with Crippen LogP contribution in [0.3, 0.4) is 0 Å². The average molecular weight is 250 g/mol. The zero-order chi connectivity index (χ0) is 13.7. The van der Waals surface area contributed by atoms with Crippen molar-refractivity contribution in [1.82, 2.24) is 4.90 Å². The number of ether oxygens (including phenoxy) is 1. The summed E-state index contributed by atoms with van der Waals surface area (Å²) in [4.78, 5) is 2.33. The summed E-state index contributed by atoms with van der Waals surface area (Å²) in [5, 5.41) is 0. The van der Waals surface area contributed by atoms with Crippen LogP contribution in [0.15, 0.2) is 6.07 Å². The second-order valence-electron chi connectivity index (χ2n) is 5.00. The van der Waals surface area contributed by atoms with E-state index in [1.807, 2.05) is 0 Å². The molecule has 0 radical (unpaired) electrons. The van der Waals surface area contributed by atoms with Crippen LogP contribution in [-0.2, 0) is 6.54 Å². The van der Waals surface area contributed by atoms with E-state index in [0.717, 1.165) is 31.8 Å². The predicted octanol–water partition coefficient (Wildman–Crippen LogP) is 2.40. The summed E-state index contributed by atoms with van der Waals surface area (Å²) in [7, 11) is 3.88. The summed E-state index contributed by atoms with van der Waals surface area (Å²) >= 11 is 0. The van der Waals surface area contributed by atoms with Gasteiger partial charge < -0.3 is 15.4 Å². The van der Waals surface area contributed by atoms with Crippen LogP contribution >= 0.6 is 0 Å². The van der Waals surface area contributed by atoms with Crippen molar-refractivity contribution in [3.8, 4) is 5.75 Å². The first-order valence-corrected chi connectivity index (χ1v) is 6.53. The van der Waals surface area contributed by atoms with Gasteiger partial charge in [0.15, 0.2) is 0 Å². The first-order valence-electron chi connectivity index (χ1n) is 6.53. The fourth-order valence-electron chi connectivity index (χ4n) is 2.26. The summed E-state index contributed by atoms with van der Waals surface area (Å²) in [6.45, 7) is 9.22. The molecule has 3 nitrogen and oxygen atoms in total. The molecule has 0 aromatic heterocycles. The maximum atomic E-state index is 5.55. The Kier molecular flexibility index (Phi) is 5.63. The maximum Gasteiger partial charge on any atom is 0.122 e. The van der Waals surface area contributed by atoms with Gasteiger partial charge in [0.1, 0.15) is 5.75 Å². The van der Waals surface area contributed by atoms with Gasteiger partial charge in [-0.2, -0.15) is 0 Å². The maximum absolute atomic E-state index is 5.55. The quantitative estimate of drug-likeness (QED) is 0.842. The molecule has 3 heteroatoms. The van der Waals surface area contributed by atoms with E-state index < -0.39 is 0 Å². The summed E-state index contributed by atoms with van der Waals surface area (Å²) in [5.41, 5.74) is 10.8. The van der Waals surface area contributed by atoms with Gasteiger partial charge in [-0.15, -0.1) is 0 Å². The Balaban J connectivity index is 2.92. The molecular formula is C15H26N2O. The Labute approximate surface area is 111 Å². The molecule has 0 aliphatic rings. The first kappa shape index (κ1) is 15.0. The highest BCUT2D eigenvalue weighted by atomic mass is 16.5. The van der Waals surface area contributed by atoms with Gasteiger partial charge in [-0.1, -0.05) is 0 Å². The largest absolute Gasteiger partial charge is 0.496 e. The zero-order valence-corrected chi connectivity index (χ0v) is 12.3. The van der Waals surface area contributed by atoms with Gasteiger partial charge in [0.05, 0.1) is 7.11 Å². The first-order chi connectivity index (χ1) is 8.51. The third-order valence-corrected chi connectivity index (χ3v) is 3.60. The SMILES string of the molecule is COc1cc(C)c(CN(C)CCCN)c(C)c1C. The smallest absolute Gasteiger partial charge is 0.122 e. The molecule has 18 heavy (non-hydrogen) atoms. The summed E-state index contributed by atoms with van der Waals surface area (Å²) < 4.78 is 5.40. The number of hydrogen-bond donors (Lipinski definition) is 1. The highest BCUT2D eigenvalue weighted by Crippen LogP contribution is 2.28. The molecule has 0 aliphatic carbocycles. The second kappa shape index (κ2) is 6.76. The lowest BCUT2D eigenvalue weighted by molar-refractivity contribution is 0.322. The van der Waals surface area contributed by atoms with Crippen LogP contribution in [0.4, 0.5) is 0 Å². The van der Waals surface area contributed by atoms with Gasteiger partial charge in [0.25, 0.3) is 0 Å². The van der Waals surface area contributed by atoms with Crippen LogP contribution in [0.1, 0.15) is 28.7 Å². The molecular weight excluding hydrogens is 224 g/mol. The molecule has 0 heterocycles. The topological polar surface area (TPSA) is 38.5 Å². The number of nitrogens with zero attached hydrogens (tertiary/aromatic N) is 1. The lowest BCUT2D eigenvalue weighted by Crippen LogP contribution is -2.22. The minimum absolute atomic E-state index is 0.754. The van der Waals surface area contributed by atoms with E-state index in [1.165, 1.54) is 22.3 Å². The van der Waals surface area contributed by atoms with Gasteiger partial charge in [0, 0.05) is 6.54 Å². The Bertz CT molecular complexity index is 402. The number of nitrogens with two attached hydrogens (primary N) is 1. The van der Waals surface area contributed by atoms with Crippen LogP contribution in [-0.4, -0.2) is 32.1 Å². The predicted molar refractivity (Wildman–Crippen MR) is 77.2 cm³/mol. The van der Waals surface area contributed by atoms with E-state index >= 15 is 0 Å². The zero-order valence-electron chi connectivity index (χ0n) is 12.3. The summed E-state index contributed by atoms with van der Waals surface area (Å²) in [5.74, 6) is 0.985. The summed E-state index contributed by atoms with van der Waals surface area (Å²) in [6, 6.07) is 2.13. The fourth-order valence-corrected chi connectivity index (χ4v) is 2.26. The minimum atomic E-state index is 0.754. The minimum Gasteiger partial charge on any atom is -0.496 e. The molecule has 1 rings (SSSR count). The monoisotopic (exact) mass is 250 g/mol. The van der Waals surface area contributed by atoms with Crippen molar-refractivity contribution < 1.29 is 4.74 Å². The van der Waals surface area contributed by atoms with E-state index in [4.69, 9.17) is 10.5 Å². The molecule has 0 aliphatic heterocycles. The molecule has 2 N–H and O–H groups in total. The van der Waals surface area contributed by atoms with Crippen molar-refractivity contribution in [2.75, 3.05) is 27.2 Å². The highest BCUT2D eigenvalue weighted by molar-refractivity contribution is 5.48. The van der Waals surface area contributed by atoms with E-state index in [1.54, 1.807) is 7.11 Å². The molecule has 0 amide bonds. The Morgan fingerprint density at radius 3 is 2.44 bits per heavy atom. The van der Waals surface area contributed by atoms with Gasteiger partial charge >= 0.3 is 0 Å². The normalized spacial score (nSPS) is 11.1. The number of hydrogen-bond acceptors (Lipinski definition) is 3. The lowest BCUT2D eigenvalue weighted by atomic mass is 9.97. The molecule has 1 aromatic rings. The lowest BCUT2D eigenvalue weighted by Gasteiger charge is -2.21. The van der Waals surface area contributed by atoms with Crippen molar-refractivity contribution >= 4 is 0 Å². The third kappa shape index (κ3) is 3.47. The highest BCUT2D eigenvalue weighted by Gasteiger charge is 2.12. The summed E-state index contributed by atoms with van der Waals surface area (Å²) in [6.07, 6.45) is 1.05. The van der Waals surface area contributed by atoms with Crippen LogP contribution in [0.2, 0.25) is 0 Å². The molecule has 0 spiro atoms. The van der Waals surface area contributed by atoms with Gasteiger partial charge in [-0.05, 0) is 75.6 Å². The van der Waals surface area contributed by atoms with Gasteiger partial charge in [0.2, 0.25) is 0 Å². The van der Waals surface area contributed by atoms with Crippen molar-refractivity contribution in [3.05, 3.63) is 28.3 Å². The molecule has 0 atom stereocenters. The van der Waals surface area contributed by atoms with Crippen LogP contribution in [0.25, 0.3) is 0 Å². The fraction of sp³-hybridized carbons (Fsp3) is 0.600. The van der Waals surface area contributed by atoms with E-state index in [2.05, 4.69) is 38.8 Å². The third-order valence-electron chi connectivity index (χ3n) is 3.60. The molecule has 0 saturated carbocycles. The molecule has 1 aromatic carbocycles. The molecule has 0 fully saturated rings. The van der Waals surface area contributed by atoms with Crippen LogP contribution in [0.5, 0.6) is 5.75 Å². The van der Waals surface area contributed by atoms with Gasteiger partial charge in [-0.25, -0.2) is 0 Å². The second-order valence-corrected chi connectivity index (χ2v) is 5.00. The van der Waals surface area contributed by atoms with Crippen molar-refractivity contribution in [3.63, 3.8) is 0 Å². The van der Waals surface area contributed by atoms with Crippen LogP contribution < -0.4 is 10.5 Å². The number of benzene rings is 1. The number of rotatable bonds is 6. The Morgan fingerprint density at radius 2 is 1.89 bits per heavy atom. The standard InChI is InChI=1S/C15H26N2O/c1-11-9-15(18-5)13(3)12(2)14(11)10-17(4)8-6-7-16/h9H,6-8,10,16H2,1-5H3. The average Bonchev–Trinajstić information content (AvgIpc) is 2.36. The Hall–Kier alpha value is -1.06. The molecule has 0 unspecified atom stereocenters. The van der Waals surface area contributed by atoms with Crippen molar-refractivity contribution in [2.45, 2.75) is 33.7 Å². The Morgan fingerprint density at radius 1 is 1.22 bits per heavy atom. The van der Waals surface area contributed by atoms with Gasteiger partial charge in [-0.3, -0.25) is 0 Å². The van der Waals surface area contributed by atoms with E-state index in [9.17, 15) is 0 Å².